The van der Waals surface area contributed by atoms with Crippen LogP contribution in [0.1, 0.15) is 29.8 Å². The lowest BCUT2D eigenvalue weighted by Gasteiger charge is -2.32. The molecule has 0 bridgehead atoms. The maximum absolute atomic E-state index is 12.6. The van der Waals surface area contributed by atoms with E-state index in [0.717, 1.165) is 60.0 Å². The monoisotopic (exact) mass is 486 g/mol. The minimum Gasteiger partial charge on any atom is -0.353 e. The molecule has 3 N–H and O–H groups in total. The van der Waals surface area contributed by atoms with E-state index in [4.69, 9.17) is 0 Å². The van der Waals surface area contributed by atoms with E-state index >= 15 is 0 Å². The number of amides is 1. The third kappa shape index (κ3) is 5.68. The van der Waals surface area contributed by atoms with Crippen LogP contribution in [-0.4, -0.2) is 60.0 Å². The smallest absolute Gasteiger partial charge is 0.227 e. The van der Waals surface area contributed by atoms with Crippen molar-refractivity contribution in [2.24, 2.45) is 7.05 Å². The number of H-pyrrole nitrogens is 1. The summed E-state index contributed by atoms with van der Waals surface area (Å²) in [7, 11) is 1.87. The number of carbonyl (C=O) groups is 1. The number of carbonyl (C=O) groups excluding carboxylic acids is 1. The van der Waals surface area contributed by atoms with E-state index in [2.05, 4.69) is 45.8 Å². The zero-order valence-corrected chi connectivity index (χ0v) is 20.7. The summed E-state index contributed by atoms with van der Waals surface area (Å²) in [4.78, 5) is 28.6. The second kappa shape index (κ2) is 10.1. The summed E-state index contributed by atoms with van der Waals surface area (Å²) < 4.78 is 1.74. The van der Waals surface area contributed by atoms with Gasteiger partial charge in [-0.15, -0.1) is 0 Å². The van der Waals surface area contributed by atoms with Crippen molar-refractivity contribution in [3.8, 4) is 11.3 Å². The summed E-state index contributed by atoms with van der Waals surface area (Å²) in [6, 6.07) is 7.83. The number of pyridine rings is 1. The van der Waals surface area contributed by atoms with Crippen LogP contribution in [0.15, 0.2) is 42.9 Å². The van der Waals surface area contributed by atoms with Crippen molar-refractivity contribution >= 4 is 23.5 Å². The zero-order valence-electron chi connectivity index (χ0n) is 20.7. The molecule has 11 nitrogen and oxygen atoms in total. The number of nitrogens with zero attached hydrogens (tertiary/aromatic N) is 7. The number of rotatable bonds is 7. The SMILES string of the molecule is Cc1cc(Nc2cc(C)[nH]n2)nc(N2CCC(NC(=O)Cc3ccc(-c4cnn(C)c4)nc3)CC2)n1. The molecular weight excluding hydrogens is 456 g/mol. The molecule has 11 heteroatoms. The van der Waals surface area contributed by atoms with Gasteiger partial charge in [-0.25, -0.2) is 4.98 Å². The third-order valence-corrected chi connectivity index (χ3v) is 6.14. The summed E-state index contributed by atoms with van der Waals surface area (Å²) in [5, 5.41) is 17.7. The second-order valence-electron chi connectivity index (χ2n) is 9.22. The molecule has 5 heterocycles. The Bertz CT molecular complexity index is 1340. The van der Waals surface area contributed by atoms with E-state index < -0.39 is 0 Å². The number of piperidine rings is 1. The van der Waals surface area contributed by atoms with Gasteiger partial charge in [-0.1, -0.05) is 6.07 Å². The van der Waals surface area contributed by atoms with Gasteiger partial charge < -0.3 is 15.5 Å². The number of hydrogen-bond acceptors (Lipinski definition) is 8. The molecule has 0 spiro atoms. The molecule has 0 aromatic carbocycles. The van der Waals surface area contributed by atoms with Crippen molar-refractivity contribution in [1.29, 1.82) is 0 Å². The first-order valence-electron chi connectivity index (χ1n) is 12.0. The molecule has 5 rings (SSSR count). The highest BCUT2D eigenvalue weighted by atomic mass is 16.1. The highest BCUT2D eigenvalue weighted by molar-refractivity contribution is 5.79. The predicted octanol–water partition coefficient (Wildman–Crippen LogP) is 2.68. The highest BCUT2D eigenvalue weighted by Gasteiger charge is 2.23. The largest absolute Gasteiger partial charge is 0.353 e. The second-order valence-corrected chi connectivity index (χ2v) is 9.22. The molecule has 0 radical (unpaired) electrons. The predicted molar refractivity (Wildman–Crippen MR) is 137 cm³/mol. The van der Waals surface area contributed by atoms with Crippen LogP contribution in [0, 0.1) is 13.8 Å². The summed E-state index contributed by atoms with van der Waals surface area (Å²) in [6.07, 6.45) is 7.43. The molecular formula is C25H30N10O. The van der Waals surface area contributed by atoms with Gasteiger partial charge in [0.2, 0.25) is 11.9 Å². The summed E-state index contributed by atoms with van der Waals surface area (Å²) in [6.45, 7) is 5.46. The van der Waals surface area contributed by atoms with Gasteiger partial charge in [0, 0.05) is 67.7 Å². The Labute approximate surface area is 209 Å². The van der Waals surface area contributed by atoms with E-state index in [9.17, 15) is 4.79 Å². The van der Waals surface area contributed by atoms with E-state index in [1.807, 2.05) is 51.4 Å². The van der Waals surface area contributed by atoms with Crippen molar-refractivity contribution in [2.45, 2.75) is 39.2 Å². The van der Waals surface area contributed by atoms with Crippen LogP contribution in [0.4, 0.5) is 17.6 Å². The first-order chi connectivity index (χ1) is 17.4. The van der Waals surface area contributed by atoms with Gasteiger partial charge in [0.1, 0.15) is 5.82 Å². The van der Waals surface area contributed by atoms with Crippen LogP contribution in [0.3, 0.4) is 0 Å². The molecule has 36 heavy (non-hydrogen) atoms. The van der Waals surface area contributed by atoms with Gasteiger partial charge in [0.15, 0.2) is 5.82 Å². The number of nitrogens with one attached hydrogen (secondary N) is 3. The molecule has 4 aromatic heterocycles. The lowest BCUT2D eigenvalue weighted by Crippen LogP contribution is -2.45. The normalized spacial score (nSPS) is 14.1. The zero-order chi connectivity index (χ0) is 25.1. The van der Waals surface area contributed by atoms with Gasteiger partial charge in [0.25, 0.3) is 0 Å². The fourth-order valence-corrected chi connectivity index (χ4v) is 4.31. The molecule has 1 aliphatic rings. The Balaban J connectivity index is 1.13. The van der Waals surface area contributed by atoms with E-state index in [-0.39, 0.29) is 11.9 Å². The summed E-state index contributed by atoms with van der Waals surface area (Å²) in [5.41, 5.74) is 4.55. The number of aromatic nitrogens is 7. The maximum atomic E-state index is 12.6. The standard InChI is InChI=1S/C25H30N10O/c1-16-10-22(30-23-11-17(2)32-33-23)31-25(28-16)35-8-6-20(7-9-35)29-24(36)12-18-4-5-21(26-13-18)19-14-27-34(3)15-19/h4-5,10-11,13-15,20H,6-9,12H2,1-3H3,(H,29,36)(H2,28,30,31,32,33). The van der Waals surface area contributed by atoms with Crippen LogP contribution in [0.2, 0.25) is 0 Å². The number of aryl methyl sites for hydroxylation is 3. The van der Waals surface area contributed by atoms with Crippen LogP contribution < -0.4 is 15.5 Å². The Kier molecular flexibility index (Phi) is 6.61. The van der Waals surface area contributed by atoms with Crippen molar-refractivity contribution in [2.75, 3.05) is 23.3 Å². The van der Waals surface area contributed by atoms with E-state index in [1.54, 1.807) is 17.1 Å². The topological polar surface area (TPSA) is 130 Å². The third-order valence-electron chi connectivity index (χ3n) is 6.14. The quantitative estimate of drug-likeness (QED) is 0.364. The minimum absolute atomic E-state index is 0.0111. The number of anilines is 3. The average Bonchev–Trinajstić information content (AvgIpc) is 3.47. The van der Waals surface area contributed by atoms with Gasteiger partial charge >= 0.3 is 0 Å². The fourth-order valence-electron chi connectivity index (χ4n) is 4.31. The van der Waals surface area contributed by atoms with Crippen molar-refractivity contribution in [3.63, 3.8) is 0 Å². The number of aromatic amines is 1. The van der Waals surface area contributed by atoms with E-state index in [0.29, 0.717) is 18.2 Å². The lowest BCUT2D eigenvalue weighted by atomic mass is 10.0. The van der Waals surface area contributed by atoms with Gasteiger partial charge in [-0.05, 0) is 38.3 Å². The first kappa shape index (κ1) is 23.5. The molecule has 1 fully saturated rings. The van der Waals surface area contributed by atoms with Crippen molar-refractivity contribution in [3.05, 3.63) is 59.8 Å². The van der Waals surface area contributed by atoms with Crippen LogP contribution >= 0.6 is 0 Å². The molecule has 0 atom stereocenters. The molecule has 0 unspecified atom stereocenters. The van der Waals surface area contributed by atoms with Crippen LogP contribution in [-0.2, 0) is 18.3 Å². The Morgan fingerprint density at radius 2 is 1.94 bits per heavy atom. The van der Waals surface area contributed by atoms with Gasteiger partial charge in [0.05, 0.1) is 18.3 Å². The fraction of sp³-hybridized carbons (Fsp3) is 0.360. The van der Waals surface area contributed by atoms with Crippen molar-refractivity contribution < 1.29 is 4.79 Å². The Morgan fingerprint density at radius 3 is 2.61 bits per heavy atom. The molecule has 1 saturated heterocycles. The molecule has 1 amide bonds. The Morgan fingerprint density at radius 1 is 1.11 bits per heavy atom. The summed E-state index contributed by atoms with van der Waals surface area (Å²) >= 11 is 0. The highest BCUT2D eigenvalue weighted by Crippen LogP contribution is 2.21. The van der Waals surface area contributed by atoms with Crippen LogP contribution in [0.5, 0.6) is 0 Å². The summed E-state index contributed by atoms with van der Waals surface area (Å²) in [5.74, 6) is 2.13. The van der Waals surface area contributed by atoms with Crippen LogP contribution in [0.25, 0.3) is 11.3 Å². The van der Waals surface area contributed by atoms with Gasteiger partial charge in [-0.2, -0.15) is 15.2 Å². The first-order valence-corrected chi connectivity index (χ1v) is 12.0. The molecule has 0 aliphatic carbocycles. The maximum Gasteiger partial charge on any atom is 0.227 e. The average molecular weight is 487 g/mol. The molecule has 1 aliphatic heterocycles. The number of hydrogen-bond donors (Lipinski definition) is 3. The minimum atomic E-state index is 0.0111. The molecule has 0 saturated carbocycles. The molecule has 186 valence electrons. The molecule has 4 aromatic rings. The Hall–Kier alpha value is -4.28. The van der Waals surface area contributed by atoms with Gasteiger partial charge in [-0.3, -0.25) is 19.6 Å². The van der Waals surface area contributed by atoms with Crippen molar-refractivity contribution in [1.82, 2.24) is 40.2 Å². The lowest BCUT2D eigenvalue weighted by molar-refractivity contribution is -0.121. The van der Waals surface area contributed by atoms with E-state index in [1.165, 1.54) is 0 Å².